The van der Waals surface area contributed by atoms with Gasteiger partial charge in [-0.05, 0) is 24.6 Å². The van der Waals surface area contributed by atoms with E-state index in [1.54, 1.807) is 20.0 Å². The quantitative estimate of drug-likeness (QED) is 0.675. The molecule has 1 aromatic carbocycles. The van der Waals surface area contributed by atoms with E-state index in [0.29, 0.717) is 5.56 Å². The van der Waals surface area contributed by atoms with Gasteiger partial charge in [-0.3, -0.25) is 4.79 Å². The molecule has 0 fully saturated rings. The molecule has 0 unspecified atom stereocenters. The number of terminal acetylenes is 1. The molecule has 0 aromatic heterocycles. The van der Waals surface area contributed by atoms with Crippen molar-refractivity contribution in [3.8, 4) is 12.3 Å². The van der Waals surface area contributed by atoms with Crippen molar-refractivity contribution < 1.29 is 9.18 Å². The first kappa shape index (κ1) is 11.3. The van der Waals surface area contributed by atoms with Crippen molar-refractivity contribution >= 4 is 5.91 Å². The Kier molecular flexibility index (Phi) is 3.46. The molecule has 0 aliphatic rings. The number of nitrogens with zero attached hydrogens (tertiary/aromatic N) is 1. The van der Waals surface area contributed by atoms with Crippen LogP contribution in [-0.4, -0.2) is 24.4 Å². The fourth-order valence-electron chi connectivity index (χ4n) is 1.24. The van der Waals surface area contributed by atoms with Gasteiger partial charge in [-0.2, -0.15) is 0 Å². The van der Waals surface area contributed by atoms with Crippen molar-refractivity contribution in [2.24, 2.45) is 0 Å². The van der Waals surface area contributed by atoms with Gasteiger partial charge in [-0.25, -0.2) is 4.39 Å². The molecule has 0 radical (unpaired) electrons. The Bertz CT molecular complexity index is 420. The van der Waals surface area contributed by atoms with E-state index in [-0.39, 0.29) is 12.5 Å². The number of halogens is 1. The van der Waals surface area contributed by atoms with Gasteiger partial charge >= 0.3 is 0 Å². The minimum Gasteiger partial charge on any atom is -0.331 e. The predicted octanol–water partition coefficient (Wildman–Crippen LogP) is 1.84. The Labute approximate surface area is 88.7 Å². The third-order valence-electron chi connectivity index (χ3n) is 2.11. The van der Waals surface area contributed by atoms with Gasteiger partial charge in [-0.1, -0.05) is 12.0 Å². The molecule has 78 valence electrons. The number of hydrogen-bond donors (Lipinski definition) is 0. The van der Waals surface area contributed by atoms with Gasteiger partial charge in [0, 0.05) is 12.6 Å². The van der Waals surface area contributed by atoms with Crippen LogP contribution in [0.5, 0.6) is 0 Å². The summed E-state index contributed by atoms with van der Waals surface area (Å²) < 4.78 is 12.9. The van der Waals surface area contributed by atoms with Crippen LogP contribution in [-0.2, 0) is 0 Å². The van der Waals surface area contributed by atoms with Gasteiger partial charge in [0.15, 0.2) is 0 Å². The summed E-state index contributed by atoms with van der Waals surface area (Å²) in [4.78, 5) is 13.1. The second kappa shape index (κ2) is 4.61. The molecule has 0 saturated heterocycles. The van der Waals surface area contributed by atoms with E-state index in [9.17, 15) is 9.18 Å². The molecular weight excluding hydrogens is 193 g/mol. The molecule has 0 atom stereocenters. The first-order valence-corrected chi connectivity index (χ1v) is 4.51. The van der Waals surface area contributed by atoms with Crippen molar-refractivity contribution in [2.75, 3.05) is 13.6 Å². The van der Waals surface area contributed by atoms with E-state index in [4.69, 9.17) is 6.42 Å². The molecule has 0 spiro atoms. The highest BCUT2D eigenvalue weighted by Gasteiger charge is 2.13. The number of rotatable bonds is 2. The lowest BCUT2D eigenvalue weighted by molar-refractivity contribution is 0.0811. The van der Waals surface area contributed by atoms with Gasteiger partial charge in [0.05, 0.1) is 6.54 Å². The zero-order valence-corrected chi connectivity index (χ0v) is 8.75. The smallest absolute Gasteiger partial charge is 0.254 e. The third-order valence-corrected chi connectivity index (χ3v) is 2.11. The number of amides is 1. The lowest BCUT2D eigenvalue weighted by Gasteiger charge is -2.15. The molecule has 0 bridgehead atoms. The molecule has 0 aliphatic heterocycles. The zero-order valence-electron chi connectivity index (χ0n) is 8.75. The summed E-state index contributed by atoms with van der Waals surface area (Å²) in [5.41, 5.74) is 1.10. The van der Waals surface area contributed by atoms with Crippen LogP contribution in [0.2, 0.25) is 0 Å². The van der Waals surface area contributed by atoms with Gasteiger partial charge in [0.1, 0.15) is 5.82 Å². The van der Waals surface area contributed by atoms with E-state index < -0.39 is 5.82 Å². The highest BCUT2D eigenvalue weighted by atomic mass is 19.1. The van der Waals surface area contributed by atoms with E-state index in [1.165, 1.54) is 17.0 Å². The molecular formula is C12H12FNO. The Balaban J connectivity index is 3.01. The summed E-state index contributed by atoms with van der Waals surface area (Å²) in [5, 5.41) is 0. The fraction of sp³-hybridized carbons (Fsp3) is 0.250. The standard InChI is InChI=1S/C12H12FNO/c1-4-7-14(3)12(15)11-8-10(13)6-5-9(11)2/h1,5-6,8H,7H2,2-3H3. The first-order valence-electron chi connectivity index (χ1n) is 4.51. The maximum atomic E-state index is 12.9. The summed E-state index contributed by atoms with van der Waals surface area (Å²) in [6.07, 6.45) is 5.10. The SMILES string of the molecule is C#CCN(C)C(=O)c1cc(F)ccc1C. The topological polar surface area (TPSA) is 20.3 Å². The van der Waals surface area contributed by atoms with E-state index >= 15 is 0 Å². The minimum atomic E-state index is -0.418. The largest absolute Gasteiger partial charge is 0.331 e. The molecule has 0 aliphatic carbocycles. The maximum absolute atomic E-state index is 12.9. The number of carbonyl (C=O) groups is 1. The number of carbonyl (C=O) groups excluding carboxylic acids is 1. The molecule has 3 heteroatoms. The van der Waals surface area contributed by atoms with Gasteiger partial charge in [0.2, 0.25) is 0 Å². The van der Waals surface area contributed by atoms with Crippen LogP contribution in [0.1, 0.15) is 15.9 Å². The second-order valence-corrected chi connectivity index (χ2v) is 3.32. The van der Waals surface area contributed by atoms with Crippen molar-refractivity contribution in [3.05, 3.63) is 35.1 Å². The van der Waals surface area contributed by atoms with Crippen LogP contribution < -0.4 is 0 Å². The number of aryl methyl sites for hydroxylation is 1. The molecule has 0 N–H and O–H groups in total. The van der Waals surface area contributed by atoms with Crippen molar-refractivity contribution in [3.63, 3.8) is 0 Å². The van der Waals surface area contributed by atoms with E-state index in [0.717, 1.165) is 5.56 Å². The first-order chi connectivity index (χ1) is 7.06. The molecule has 0 heterocycles. The zero-order chi connectivity index (χ0) is 11.4. The Morgan fingerprint density at radius 3 is 2.87 bits per heavy atom. The van der Waals surface area contributed by atoms with Crippen LogP contribution in [0, 0.1) is 25.1 Å². The van der Waals surface area contributed by atoms with Crippen LogP contribution in [0.4, 0.5) is 4.39 Å². The Morgan fingerprint density at radius 1 is 1.60 bits per heavy atom. The molecule has 1 rings (SSSR count). The Morgan fingerprint density at radius 2 is 2.27 bits per heavy atom. The summed E-state index contributed by atoms with van der Waals surface area (Å²) in [6.45, 7) is 1.98. The van der Waals surface area contributed by atoms with Crippen molar-refractivity contribution in [1.29, 1.82) is 0 Å². The van der Waals surface area contributed by atoms with E-state index in [1.807, 2.05) is 0 Å². The summed E-state index contributed by atoms with van der Waals surface area (Å²) in [5.74, 6) is 1.69. The average molecular weight is 205 g/mol. The van der Waals surface area contributed by atoms with E-state index in [2.05, 4.69) is 5.92 Å². The van der Waals surface area contributed by atoms with Crippen LogP contribution in [0.15, 0.2) is 18.2 Å². The van der Waals surface area contributed by atoms with Gasteiger partial charge in [-0.15, -0.1) is 6.42 Å². The number of benzene rings is 1. The normalized spacial score (nSPS) is 9.47. The van der Waals surface area contributed by atoms with Gasteiger partial charge in [0.25, 0.3) is 5.91 Å². The highest BCUT2D eigenvalue weighted by molar-refractivity contribution is 5.95. The maximum Gasteiger partial charge on any atom is 0.254 e. The Hall–Kier alpha value is -1.82. The highest BCUT2D eigenvalue weighted by Crippen LogP contribution is 2.12. The monoisotopic (exact) mass is 205 g/mol. The molecule has 15 heavy (non-hydrogen) atoms. The average Bonchev–Trinajstić information content (AvgIpc) is 2.21. The summed E-state index contributed by atoms with van der Waals surface area (Å²) in [6, 6.07) is 4.13. The molecule has 0 saturated carbocycles. The van der Waals surface area contributed by atoms with Crippen LogP contribution in [0.3, 0.4) is 0 Å². The minimum absolute atomic E-state index is 0.217. The van der Waals surface area contributed by atoms with Crippen molar-refractivity contribution in [2.45, 2.75) is 6.92 Å². The van der Waals surface area contributed by atoms with Crippen LogP contribution >= 0.6 is 0 Å². The fourth-order valence-corrected chi connectivity index (χ4v) is 1.24. The van der Waals surface area contributed by atoms with Crippen molar-refractivity contribution in [1.82, 2.24) is 4.90 Å². The second-order valence-electron chi connectivity index (χ2n) is 3.32. The third kappa shape index (κ3) is 2.57. The van der Waals surface area contributed by atoms with Crippen LogP contribution in [0.25, 0.3) is 0 Å². The molecule has 1 amide bonds. The predicted molar refractivity (Wildman–Crippen MR) is 56.9 cm³/mol. The van der Waals surface area contributed by atoms with Gasteiger partial charge < -0.3 is 4.90 Å². The number of hydrogen-bond acceptors (Lipinski definition) is 1. The molecule has 2 nitrogen and oxygen atoms in total. The summed E-state index contributed by atoms with van der Waals surface area (Å²) >= 11 is 0. The molecule has 1 aromatic rings. The lowest BCUT2D eigenvalue weighted by atomic mass is 10.1. The summed E-state index contributed by atoms with van der Waals surface area (Å²) in [7, 11) is 1.59. The lowest BCUT2D eigenvalue weighted by Crippen LogP contribution is -2.27.